The molecule has 1 saturated carbocycles. The van der Waals surface area contributed by atoms with E-state index in [0.29, 0.717) is 27.9 Å². The van der Waals surface area contributed by atoms with Gasteiger partial charge in [0.2, 0.25) is 0 Å². The van der Waals surface area contributed by atoms with Crippen LogP contribution >= 0.6 is 0 Å². The van der Waals surface area contributed by atoms with Crippen LogP contribution in [0.2, 0.25) is 0 Å². The normalized spacial score (nSPS) is 14.5. The Morgan fingerprint density at radius 1 is 1.19 bits per heavy atom. The molecule has 0 saturated heterocycles. The van der Waals surface area contributed by atoms with E-state index < -0.39 is 6.61 Å². The Morgan fingerprint density at radius 3 is 2.53 bits per heavy atom. The topological polar surface area (TPSA) is 69.0 Å². The van der Waals surface area contributed by atoms with Gasteiger partial charge in [0.1, 0.15) is 17.0 Å². The predicted molar refractivity (Wildman–Crippen MR) is 121 cm³/mol. The zero-order valence-electron chi connectivity index (χ0n) is 18.7. The van der Waals surface area contributed by atoms with Gasteiger partial charge in [-0.15, -0.1) is 0 Å². The second kappa shape index (κ2) is 11.1. The first-order chi connectivity index (χ1) is 15.4. The van der Waals surface area contributed by atoms with E-state index in [2.05, 4.69) is 27.2 Å². The molecule has 32 heavy (non-hydrogen) atoms. The number of aromatic nitrogens is 3. The molecule has 1 aliphatic rings. The number of pyridine rings is 1. The van der Waals surface area contributed by atoms with Gasteiger partial charge in [0.25, 0.3) is 0 Å². The lowest BCUT2D eigenvalue weighted by Gasteiger charge is -2.20. The maximum atomic E-state index is 12.4. The molecule has 172 valence electrons. The van der Waals surface area contributed by atoms with E-state index in [-0.39, 0.29) is 11.8 Å². The average Bonchev–Trinajstić information content (AvgIpc) is 3.19. The van der Waals surface area contributed by atoms with Crippen LogP contribution in [0.25, 0.3) is 22.3 Å². The van der Waals surface area contributed by atoms with E-state index in [0.717, 1.165) is 12.3 Å². The monoisotopic (exact) mass is 444 g/mol. The van der Waals surface area contributed by atoms with E-state index in [9.17, 15) is 13.6 Å². The van der Waals surface area contributed by atoms with Crippen LogP contribution in [0, 0.1) is 0 Å². The van der Waals surface area contributed by atoms with Crippen LogP contribution in [-0.2, 0) is 0 Å². The second-order valence-electron chi connectivity index (χ2n) is 8.17. The Balaban J connectivity index is 0.000000305. The zero-order valence-corrected chi connectivity index (χ0v) is 18.7. The SMILES string of the molecule is CC(C)n1nc(-c2cccc(OC(F)F)c2)c2ncc(C=O)cc21.CNC1CCCCC1. The highest BCUT2D eigenvalue weighted by Crippen LogP contribution is 2.31. The first kappa shape index (κ1) is 23.8. The van der Waals surface area contributed by atoms with E-state index in [1.165, 1.54) is 50.4 Å². The number of rotatable bonds is 6. The molecule has 6 nitrogen and oxygen atoms in total. The number of aldehydes is 1. The fourth-order valence-electron chi connectivity index (χ4n) is 3.90. The minimum Gasteiger partial charge on any atom is -0.435 e. The van der Waals surface area contributed by atoms with Gasteiger partial charge in [0.05, 0.1) is 5.52 Å². The van der Waals surface area contributed by atoms with Crippen molar-refractivity contribution in [1.82, 2.24) is 20.1 Å². The molecule has 0 spiro atoms. The van der Waals surface area contributed by atoms with Crippen molar-refractivity contribution >= 4 is 17.3 Å². The summed E-state index contributed by atoms with van der Waals surface area (Å²) in [7, 11) is 2.07. The summed E-state index contributed by atoms with van der Waals surface area (Å²) < 4.78 is 31.0. The lowest BCUT2D eigenvalue weighted by Crippen LogP contribution is -2.26. The number of halogens is 2. The van der Waals surface area contributed by atoms with E-state index in [1.54, 1.807) is 22.9 Å². The molecule has 0 radical (unpaired) electrons. The molecule has 4 rings (SSSR count). The Kier molecular flexibility index (Phi) is 8.27. The number of benzene rings is 1. The van der Waals surface area contributed by atoms with Crippen LogP contribution in [0.15, 0.2) is 36.5 Å². The van der Waals surface area contributed by atoms with Crippen molar-refractivity contribution in [3.63, 3.8) is 0 Å². The van der Waals surface area contributed by atoms with Gasteiger partial charge in [-0.25, -0.2) is 0 Å². The van der Waals surface area contributed by atoms with Crippen LogP contribution in [-0.4, -0.2) is 40.8 Å². The summed E-state index contributed by atoms with van der Waals surface area (Å²) >= 11 is 0. The minimum absolute atomic E-state index is 0.0467. The molecule has 8 heteroatoms. The summed E-state index contributed by atoms with van der Waals surface area (Å²) in [6.07, 6.45) is 9.31. The highest BCUT2D eigenvalue weighted by molar-refractivity contribution is 5.93. The number of nitrogens with one attached hydrogen (secondary N) is 1. The molecule has 1 fully saturated rings. The standard InChI is InChI=1S/C17H15F2N3O2.C7H15N/c1-10(2)22-14-6-11(9-23)8-20-16(14)15(21-22)12-4-3-5-13(7-12)24-17(18)19;1-8-7-5-3-2-4-6-7/h3-10,17H,1-2H3;7-8H,2-6H2,1H3. The van der Waals surface area contributed by atoms with E-state index >= 15 is 0 Å². The van der Waals surface area contributed by atoms with Gasteiger partial charge < -0.3 is 10.1 Å². The average molecular weight is 445 g/mol. The van der Waals surface area contributed by atoms with Crippen LogP contribution < -0.4 is 10.1 Å². The molecule has 0 amide bonds. The fourth-order valence-corrected chi connectivity index (χ4v) is 3.90. The third kappa shape index (κ3) is 5.88. The summed E-state index contributed by atoms with van der Waals surface area (Å²) in [4.78, 5) is 15.3. The maximum Gasteiger partial charge on any atom is 0.387 e. The number of hydrogen-bond acceptors (Lipinski definition) is 5. The highest BCUT2D eigenvalue weighted by atomic mass is 19.3. The largest absolute Gasteiger partial charge is 0.435 e. The first-order valence-corrected chi connectivity index (χ1v) is 11.0. The van der Waals surface area contributed by atoms with Gasteiger partial charge in [-0.3, -0.25) is 14.5 Å². The smallest absolute Gasteiger partial charge is 0.387 e. The molecule has 2 heterocycles. The summed E-state index contributed by atoms with van der Waals surface area (Å²) in [6, 6.07) is 8.91. The summed E-state index contributed by atoms with van der Waals surface area (Å²) in [5.74, 6) is 0.0549. The van der Waals surface area contributed by atoms with Crippen molar-refractivity contribution in [3.8, 4) is 17.0 Å². The highest BCUT2D eigenvalue weighted by Gasteiger charge is 2.17. The van der Waals surface area contributed by atoms with Gasteiger partial charge in [-0.2, -0.15) is 13.9 Å². The molecular formula is C24H30F2N4O2. The summed E-state index contributed by atoms with van der Waals surface area (Å²) in [5, 5.41) is 7.85. The van der Waals surface area contributed by atoms with Crippen molar-refractivity contribution < 1.29 is 18.3 Å². The Hall–Kier alpha value is -2.87. The van der Waals surface area contributed by atoms with Crippen molar-refractivity contribution in [3.05, 3.63) is 42.1 Å². The number of ether oxygens (including phenoxy) is 1. The third-order valence-electron chi connectivity index (χ3n) is 5.54. The van der Waals surface area contributed by atoms with E-state index in [4.69, 9.17) is 0 Å². The molecule has 0 bridgehead atoms. The molecule has 1 aliphatic carbocycles. The van der Waals surface area contributed by atoms with Gasteiger partial charge in [0, 0.05) is 29.4 Å². The molecule has 0 unspecified atom stereocenters. The Bertz CT molecular complexity index is 1030. The zero-order chi connectivity index (χ0) is 23.1. The molecule has 1 aromatic carbocycles. The Morgan fingerprint density at radius 2 is 1.94 bits per heavy atom. The second-order valence-corrected chi connectivity index (χ2v) is 8.17. The fraction of sp³-hybridized carbons (Fsp3) is 0.458. The van der Waals surface area contributed by atoms with E-state index in [1.807, 2.05) is 13.8 Å². The molecule has 3 aromatic rings. The van der Waals surface area contributed by atoms with Crippen LogP contribution in [0.5, 0.6) is 5.75 Å². The Labute approximate surface area is 187 Å². The number of carbonyl (C=O) groups is 1. The van der Waals surface area contributed by atoms with Crippen molar-refractivity contribution in [1.29, 1.82) is 0 Å². The van der Waals surface area contributed by atoms with Gasteiger partial charge >= 0.3 is 6.61 Å². The van der Waals surface area contributed by atoms with Crippen molar-refractivity contribution in [2.45, 2.75) is 64.6 Å². The summed E-state index contributed by atoms with van der Waals surface area (Å²) in [6.45, 7) is 1.03. The van der Waals surface area contributed by atoms with Gasteiger partial charge in [-0.1, -0.05) is 31.4 Å². The van der Waals surface area contributed by atoms with Gasteiger partial charge in [-0.05, 0) is 51.9 Å². The number of alkyl halides is 2. The van der Waals surface area contributed by atoms with Gasteiger partial charge in [0.15, 0.2) is 6.29 Å². The molecule has 1 N–H and O–H groups in total. The number of hydrogen-bond donors (Lipinski definition) is 1. The predicted octanol–water partition coefficient (Wildman–Crippen LogP) is 5.63. The van der Waals surface area contributed by atoms with Crippen LogP contribution in [0.4, 0.5) is 8.78 Å². The maximum absolute atomic E-state index is 12.4. The number of carbonyl (C=O) groups excluding carboxylic acids is 1. The number of fused-ring (bicyclic) bond motifs is 1. The first-order valence-electron chi connectivity index (χ1n) is 11.0. The van der Waals surface area contributed by atoms with Crippen LogP contribution in [0.3, 0.4) is 0 Å². The van der Waals surface area contributed by atoms with Crippen molar-refractivity contribution in [2.75, 3.05) is 7.05 Å². The molecule has 0 atom stereocenters. The third-order valence-corrected chi connectivity index (χ3v) is 5.54. The summed E-state index contributed by atoms with van der Waals surface area (Å²) in [5.41, 5.74) is 2.93. The molecular weight excluding hydrogens is 414 g/mol. The lowest BCUT2D eigenvalue weighted by molar-refractivity contribution is -0.0498. The molecule has 0 aliphatic heterocycles. The lowest BCUT2D eigenvalue weighted by atomic mass is 9.96. The quantitative estimate of drug-likeness (QED) is 0.499. The van der Waals surface area contributed by atoms with Crippen molar-refractivity contribution in [2.24, 2.45) is 0 Å². The minimum atomic E-state index is -2.89. The number of nitrogens with zero attached hydrogens (tertiary/aromatic N) is 3. The molecule has 2 aromatic heterocycles. The van der Waals surface area contributed by atoms with Crippen LogP contribution in [0.1, 0.15) is 62.4 Å².